The molecule has 1 saturated carbocycles. The number of furan rings is 1. The normalized spacial score (nSPS) is 23.6. The van der Waals surface area contributed by atoms with Gasteiger partial charge in [-0.3, -0.25) is 4.90 Å². The van der Waals surface area contributed by atoms with Crippen molar-refractivity contribution in [3.63, 3.8) is 0 Å². The fourth-order valence-electron chi connectivity index (χ4n) is 4.94. The molecule has 1 spiro atoms. The van der Waals surface area contributed by atoms with Crippen LogP contribution in [0.1, 0.15) is 43.4 Å². The van der Waals surface area contributed by atoms with E-state index in [0.29, 0.717) is 30.3 Å². The van der Waals surface area contributed by atoms with Crippen LogP contribution in [0.2, 0.25) is 5.02 Å². The smallest absolute Gasteiger partial charge is 0.319 e. The fraction of sp³-hybridized carbons (Fsp3) is 0.550. The van der Waals surface area contributed by atoms with E-state index in [0.717, 1.165) is 54.4 Å². The van der Waals surface area contributed by atoms with Crippen LogP contribution in [0.25, 0.3) is 11.0 Å². The van der Waals surface area contributed by atoms with Crippen LogP contribution in [0.3, 0.4) is 0 Å². The maximum Gasteiger partial charge on any atom is 0.319 e. The van der Waals surface area contributed by atoms with Crippen LogP contribution < -0.4 is 10.6 Å². The number of nitrogens with one attached hydrogen (secondary N) is 2. The lowest BCUT2D eigenvalue weighted by Crippen LogP contribution is -2.52. The molecule has 1 aliphatic carbocycles. The van der Waals surface area contributed by atoms with Gasteiger partial charge in [-0.2, -0.15) is 0 Å². The third-order valence-corrected chi connectivity index (χ3v) is 8.31. The second kappa shape index (κ2) is 6.89. The van der Waals surface area contributed by atoms with Crippen molar-refractivity contribution in [3.8, 4) is 0 Å². The Balaban J connectivity index is 1.55. The number of hydrogen-bond donors (Lipinski definition) is 2. The zero-order chi connectivity index (χ0) is 20.2. The monoisotopic (exact) mass is 437 g/mol. The highest BCUT2D eigenvalue weighted by Gasteiger charge is 2.43. The lowest BCUT2D eigenvalue weighted by atomic mass is 9.74. The van der Waals surface area contributed by atoms with E-state index in [1.165, 1.54) is 0 Å². The van der Waals surface area contributed by atoms with Gasteiger partial charge < -0.3 is 15.1 Å². The summed E-state index contributed by atoms with van der Waals surface area (Å²) in [4.78, 5) is 14.4. The lowest BCUT2D eigenvalue weighted by Gasteiger charge is -2.42. The zero-order valence-electron chi connectivity index (χ0n) is 16.1. The average molecular weight is 438 g/mol. The average Bonchev–Trinajstić information content (AvgIpc) is 3.06. The molecule has 5 rings (SSSR count). The maximum atomic E-state index is 12.3. The van der Waals surface area contributed by atoms with Crippen molar-refractivity contribution in [2.24, 2.45) is 0 Å². The molecule has 0 atom stereocenters. The van der Waals surface area contributed by atoms with Crippen LogP contribution in [0.4, 0.5) is 10.5 Å². The summed E-state index contributed by atoms with van der Waals surface area (Å²) in [5.41, 5.74) is 1.91. The van der Waals surface area contributed by atoms with Crippen LogP contribution in [-0.4, -0.2) is 43.9 Å². The van der Waals surface area contributed by atoms with Gasteiger partial charge in [0.15, 0.2) is 9.84 Å². The summed E-state index contributed by atoms with van der Waals surface area (Å²) in [6.07, 6.45) is 4.98. The summed E-state index contributed by atoms with van der Waals surface area (Å²) in [6.45, 7) is 1.59. The number of benzene rings is 1. The van der Waals surface area contributed by atoms with E-state index in [9.17, 15) is 13.2 Å². The van der Waals surface area contributed by atoms with E-state index in [1.807, 2.05) is 12.1 Å². The van der Waals surface area contributed by atoms with E-state index in [2.05, 4.69) is 15.5 Å². The number of halogens is 1. The third kappa shape index (κ3) is 3.41. The van der Waals surface area contributed by atoms with Crippen LogP contribution in [0, 0.1) is 0 Å². The first-order chi connectivity index (χ1) is 13.9. The molecule has 1 saturated heterocycles. The number of anilines is 1. The Kier molecular flexibility index (Phi) is 4.56. The Bertz CT molecular complexity index is 1070. The van der Waals surface area contributed by atoms with Crippen molar-refractivity contribution >= 4 is 44.1 Å². The Hall–Kier alpha value is -1.77. The topological polar surface area (TPSA) is 91.7 Å². The molecule has 2 aromatic rings. The highest BCUT2D eigenvalue weighted by Crippen LogP contribution is 2.49. The van der Waals surface area contributed by atoms with Crippen LogP contribution in [-0.2, 0) is 21.9 Å². The number of carbonyl (C=O) groups is 1. The molecule has 2 aliphatic heterocycles. The molecular weight excluding hydrogens is 414 g/mol. The summed E-state index contributed by atoms with van der Waals surface area (Å²) in [6, 6.07) is 3.60. The molecule has 0 bridgehead atoms. The van der Waals surface area contributed by atoms with E-state index < -0.39 is 15.4 Å². The van der Waals surface area contributed by atoms with E-state index in [1.54, 1.807) is 0 Å². The number of sulfone groups is 1. The summed E-state index contributed by atoms with van der Waals surface area (Å²) >= 11 is 6.56. The molecule has 1 aromatic carbocycles. The van der Waals surface area contributed by atoms with Crippen LogP contribution >= 0.6 is 11.6 Å². The molecule has 7 nitrogen and oxygen atoms in total. The zero-order valence-corrected chi connectivity index (χ0v) is 17.7. The Labute approximate surface area is 174 Å². The minimum atomic E-state index is -2.91. The predicted molar refractivity (Wildman–Crippen MR) is 112 cm³/mol. The quantitative estimate of drug-likeness (QED) is 0.748. The number of urea groups is 1. The van der Waals surface area contributed by atoms with Gasteiger partial charge in [0.25, 0.3) is 0 Å². The number of amides is 2. The largest absolute Gasteiger partial charge is 0.459 e. The number of nitrogens with zero attached hydrogens (tertiary/aromatic N) is 1. The van der Waals surface area contributed by atoms with Gasteiger partial charge in [0.05, 0.1) is 34.3 Å². The van der Waals surface area contributed by atoms with Crippen molar-refractivity contribution in [3.05, 3.63) is 28.5 Å². The number of hydrogen-bond acceptors (Lipinski definition) is 5. The van der Waals surface area contributed by atoms with Gasteiger partial charge in [0.2, 0.25) is 0 Å². The molecule has 156 valence electrons. The molecule has 2 fully saturated rings. The van der Waals surface area contributed by atoms with Crippen LogP contribution in [0.15, 0.2) is 16.5 Å². The number of rotatable bonds is 2. The first-order valence-corrected chi connectivity index (χ1v) is 12.3. The minimum Gasteiger partial charge on any atom is -0.459 e. The molecule has 1 aromatic heterocycles. The second-order valence-corrected chi connectivity index (χ2v) is 11.1. The minimum absolute atomic E-state index is 0.188. The molecule has 3 aliphatic rings. The molecule has 2 N–H and O–H groups in total. The highest BCUT2D eigenvalue weighted by atomic mass is 35.5. The molecule has 0 radical (unpaired) electrons. The lowest BCUT2D eigenvalue weighted by molar-refractivity contribution is 0.208. The van der Waals surface area contributed by atoms with Crippen molar-refractivity contribution in [2.45, 2.75) is 44.2 Å². The van der Waals surface area contributed by atoms with Crippen molar-refractivity contribution in [1.29, 1.82) is 0 Å². The van der Waals surface area contributed by atoms with Crippen LogP contribution in [0.5, 0.6) is 0 Å². The van der Waals surface area contributed by atoms with Gasteiger partial charge in [-0.15, -0.1) is 0 Å². The Morgan fingerprint density at radius 3 is 2.59 bits per heavy atom. The van der Waals surface area contributed by atoms with Crippen molar-refractivity contribution < 1.29 is 17.6 Å². The predicted octanol–water partition coefficient (Wildman–Crippen LogP) is 3.61. The molecule has 2 amide bonds. The van der Waals surface area contributed by atoms with E-state index in [-0.39, 0.29) is 17.5 Å². The number of fused-ring (bicyclic) bond motifs is 4. The molecule has 0 unspecified atom stereocenters. The second-order valence-electron chi connectivity index (χ2n) is 8.39. The van der Waals surface area contributed by atoms with Gasteiger partial charge in [-0.25, -0.2) is 13.2 Å². The summed E-state index contributed by atoms with van der Waals surface area (Å²) < 4.78 is 29.7. The van der Waals surface area contributed by atoms with Crippen molar-refractivity contribution in [1.82, 2.24) is 10.2 Å². The molecule has 9 heteroatoms. The SMILES string of the molecule is O=C1Nc2c(Cl)cc3cc(CN4CCS(=O)(=O)CC4)oc3c2C2(CCCCC2)N1. The van der Waals surface area contributed by atoms with Gasteiger partial charge >= 0.3 is 6.03 Å². The molecule has 3 heterocycles. The first-order valence-electron chi connectivity index (χ1n) is 10.1. The Morgan fingerprint density at radius 2 is 1.86 bits per heavy atom. The maximum absolute atomic E-state index is 12.3. The highest BCUT2D eigenvalue weighted by molar-refractivity contribution is 7.91. The third-order valence-electron chi connectivity index (χ3n) is 6.40. The van der Waals surface area contributed by atoms with E-state index >= 15 is 0 Å². The fourth-order valence-corrected chi connectivity index (χ4v) is 6.48. The molecule has 29 heavy (non-hydrogen) atoms. The van der Waals surface area contributed by atoms with Crippen molar-refractivity contribution in [2.75, 3.05) is 29.9 Å². The molecular formula is C20H24ClN3O4S. The van der Waals surface area contributed by atoms with E-state index in [4.69, 9.17) is 16.0 Å². The van der Waals surface area contributed by atoms with Gasteiger partial charge in [-0.1, -0.05) is 30.9 Å². The van der Waals surface area contributed by atoms with Gasteiger partial charge in [0, 0.05) is 24.0 Å². The summed E-state index contributed by atoms with van der Waals surface area (Å²) in [7, 11) is -2.91. The van der Waals surface area contributed by atoms with Gasteiger partial charge in [-0.05, 0) is 25.0 Å². The van der Waals surface area contributed by atoms with Gasteiger partial charge in [0.1, 0.15) is 11.3 Å². The summed E-state index contributed by atoms with van der Waals surface area (Å²) in [5, 5.41) is 7.46. The number of carbonyl (C=O) groups excluding carboxylic acids is 1. The first kappa shape index (κ1) is 19.2. The standard InChI is InChI=1S/C20H24ClN3O4S/c21-15-11-13-10-14(12-24-6-8-29(26,27)9-7-24)28-18(13)16-17(15)22-19(25)23-20(16)4-2-1-3-5-20/h10-11H,1-9,12H2,(H2,22,23,25). The Morgan fingerprint density at radius 1 is 1.14 bits per heavy atom. The summed E-state index contributed by atoms with van der Waals surface area (Å²) in [5.74, 6) is 1.16.